The first-order chi connectivity index (χ1) is 14.0. The van der Waals surface area contributed by atoms with Crippen molar-refractivity contribution in [2.75, 3.05) is 7.11 Å². The first kappa shape index (κ1) is 21.9. The number of carbonyl (C=O) groups is 3. The minimum absolute atomic E-state index is 0.0781. The van der Waals surface area contributed by atoms with Crippen LogP contribution in [-0.4, -0.2) is 36.6 Å². The minimum Gasteiger partial charge on any atom is -0.465 e. The molecule has 1 aromatic carbocycles. The van der Waals surface area contributed by atoms with E-state index < -0.39 is 23.8 Å². The molecular weight excluding hydrogens is 382 g/mol. The van der Waals surface area contributed by atoms with Crippen LogP contribution in [0.2, 0.25) is 0 Å². The first-order valence-electron chi connectivity index (χ1n) is 10.2. The van der Waals surface area contributed by atoms with Gasteiger partial charge in [-0.15, -0.1) is 0 Å². The first-order valence-corrected chi connectivity index (χ1v) is 10.2. The third-order valence-corrected chi connectivity index (χ3v) is 5.62. The van der Waals surface area contributed by atoms with Crippen molar-refractivity contribution in [2.45, 2.75) is 59.5 Å². The Morgan fingerprint density at radius 3 is 2.27 bits per heavy atom. The van der Waals surface area contributed by atoms with Crippen LogP contribution in [0.5, 0.6) is 0 Å². The maximum atomic E-state index is 13.2. The van der Waals surface area contributed by atoms with Gasteiger partial charge in [0.25, 0.3) is 0 Å². The van der Waals surface area contributed by atoms with Gasteiger partial charge >= 0.3 is 11.9 Å². The number of ketones is 1. The van der Waals surface area contributed by atoms with Crippen molar-refractivity contribution in [1.29, 1.82) is 0 Å². The number of ether oxygens (including phenoxy) is 2. The molecule has 2 aliphatic rings. The monoisotopic (exact) mass is 411 g/mol. The number of nitrogens with zero attached hydrogens (tertiary/aromatic N) is 1. The van der Waals surface area contributed by atoms with Gasteiger partial charge in [-0.25, -0.2) is 9.59 Å². The van der Waals surface area contributed by atoms with Crippen LogP contribution < -0.4 is 0 Å². The second-order valence-corrected chi connectivity index (χ2v) is 9.11. The van der Waals surface area contributed by atoms with E-state index in [4.69, 9.17) is 14.5 Å². The van der Waals surface area contributed by atoms with Crippen molar-refractivity contribution in [3.63, 3.8) is 0 Å². The second-order valence-electron chi connectivity index (χ2n) is 9.11. The van der Waals surface area contributed by atoms with Crippen molar-refractivity contribution < 1.29 is 23.9 Å². The fraction of sp³-hybridized carbons (Fsp3) is 0.500. The minimum atomic E-state index is -0.500. The van der Waals surface area contributed by atoms with Crippen molar-refractivity contribution in [2.24, 2.45) is 16.3 Å². The molecule has 1 heterocycles. The predicted molar refractivity (Wildman–Crippen MR) is 113 cm³/mol. The number of Topliss-reactive ketones (excluding diaryl/α,β-unsaturated/α-hetero) is 1. The summed E-state index contributed by atoms with van der Waals surface area (Å²) in [5.74, 6) is -1.80. The zero-order valence-electron chi connectivity index (χ0n) is 18.4. The highest BCUT2D eigenvalue weighted by Crippen LogP contribution is 2.47. The van der Waals surface area contributed by atoms with Gasteiger partial charge in [0.05, 0.1) is 30.3 Å². The molecule has 0 unspecified atom stereocenters. The van der Waals surface area contributed by atoms with Crippen molar-refractivity contribution in [1.82, 2.24) is 0 Å². The Morgan fingerprint density at radius 1 is 1.07 bits per heavy atom. The van der Waals surface area contributed by atoms with Crippen molar-refractivity contribution >= 4 is 23.4 Å². The zero-order chi connectivity index (χ0) is 22.2. The van der Waals surface area contributed by atoms with E-state index in [2.05, 4.69) is 13.8 Å². The molecule has 2 atom stereocenters. The number of allylic oxidation sites excluding steroid dienone is 1. The van der Waals surface area contributed by atoms with E-state index in [1.807, 2.05) is 0 Å². The highest BCUT2D eigenvalue weighted by atomic mass is 16.5. The largest absolute Gasteiger partial charge is 0.465 e. The molecule has 6 nitrogen and oxygen atoms in total. The maximum Gasteiger partial charge on any atom is 0.337 e. The van der Waals surface area contributed by atoms with Crippen LogP contribution in [0.25, 0.3) is 0 Å². The fourth-order valence-electron chi connectivity index (χ4n) is 4.44. The molecule has 1 saturated carbocycles. The second kappa shape index (κ2) is 8.17. The number of hydrogen-bond donors (Lipinski definition) is 0. The molecule has 0 bridgehead atoms. The molecule has 160 valence electrons. The normalized spacial score (nSPS) is 23.0. The van der Waals surface area contributed by atoms with E-state index in [-0.39, 0.29) is 17.3 Å². The van der Waals surface area contributed by atoms with Gasteiger partial charge in [0.1, 0.15) is 5.78 Å². The van der Waals surface area contributed by atoms with E-state index in [0.717, 1.165) is 11.3 Å². The summed E-state index contributed by atoms with van der Waals surface area (Å²) >= 11 is 0. The number of methoxy groups -OCH3 is 1. The summed E-state index contributed by atoms with van der Waals surface area (Å²) in [4.78, 5) is 42.7. The lowest BCUT2D eigenvalue weighted by Crippen LogP contribution is -2.44. The van der Waals surface area contributed by atoms with Crippen LogP contribution in [0.3, 0.4) is 0 Å². The Labute approximate surface area is 177 Å². The fourth-order valence-corrected chi connectivity index (χ4v) is 4.44. The Kier molecular flexibility index (Phi) is 5.97. The molecular formula is C24H29NO5. The average molecular weight is 411 g/mol. The number of carbonyl (C=O) groups excluding carboxylic acids is 3. The van der Waals surface area contributed by atoms with Gasteiger partial charge in [0.2, 0.25) is 0 Å². The van der Waals surface area contributed by atoms with Crippen LogP contribution in [-0.2, 0) is 19.1 Å². The molecule has 0 N–H and O–H groups in total. The highest BCUT2D eigenvalue weighted by Gasteiger charge is 2.47. The molecule has 1 fully saturated rings. The lowest BCUT2D eigenvalue weighted by atomic mass is 9.63. The standard InChI is InChI=1S/C24H29NO5/c1-13(2)30-23(28)19-14(3)25-17-11-24(4,5)12-18(26)21(17)20(19)15-7-9-16(10-8-15)22(27)29-6/h7-10,13,20-21H,11-12H2,1-6H3/t20-,21-/m0/s1. The molecule has 0 aromatic heterocycles. The van der Waals surface area contributed by atoms with Crippen LogP contribution in [0.4, 0.5) is 0 Å². The third kappa shape index (κ3) is 4.23. The topological polar surface area (TPSA) is 82.0 Å². The Bertz CT molecular complexity index is 937. The molecule has 1 aliphatic carbocycles. The molecule has 1 aliphatic heterocycles. The van der Waals surface area contributed by atoms with Gasteiger partial charge in [0, 0.05) is 23.7 Å². The van der Waals surface area contributed by atoms with E-state index >= 15 is 0 Å². The molecule has 0 spiro atoms. The van der Waals surface area contributed by atoms with Gasteiger partial charge in [-0.2, -0.15) is 0 Å². The molecule has 3 rings (SSSR count). The summed E-state index contributed by atoms with van der Waals surface area (Å²) in [6, 6.07) is 6.88. The Morgan fingerprint density at radius 2 is 1.70 bits per heavy atom. The summed E-state index contributed by atoms with van der Waals surface area (Å²) in [6.45, 7) is 9.50. The van der Waals surface area contributed by atoms with E-state index in [0.29, 0.717) is 29.7 Å². The van der Waals surface area contributed by atoms with Crippen LogP contribution in [0, 0.1) is 11.3 Å². The number of benzene rings is 1. The average Bonchev–Trinajstić information content (AvgIpc) is 2.64. The Balaban J connectivity index is 2.12. The lowest BCUT2D eigenvalue weighted by molar-refractivity contribution is -0.143. The van der Waals surface area contributed by atoms with Crippen molar-refractivity contribution in [3.8, 4) is 0 Å². The zero-order valence-corrected chi connectivity index (χ0v) is 18.4. The van der Waals surface area contributed by atoms with E-state index in [1.165, 1.54) is 7.11 Å². The van der Waals surface area contributed by atoms with Gasteiger partial charge < -0.3 is 9.47 Å². The van der Waals surface area contributed by atoms with Crippen LogP contribution in [0.15, 0.2) is 40.5 Å². The quantitative estimate of drug-likeness (QED) is 0.692. The maximum absolute atomic E-state index is 13.2. The predicted octanol–water partition coefficient (Wildman–Crippen LogP) is 4.24. The van der Waals surface area contributed by atoms with E-state index in [1.54, 1.807) is 45.0 Å². The Hall–Kier alpha value is -2.76. The summed E-state index contributed by atoms with van der Waals surface area (Å²) in [7, 11) is 1.33. The molecule has 0 radical (unpaired) electrons. The van der Waals surface area contributed by atoms with Crippen LogP contribution >= 0.6 is 0 Å². The summed E-state index contributed by atoms with van der Waals surface area (Å²) in [6.07, 6.45) is 0.842. The summed E-state index contributed by atoms with van der Waals surface area (Å²) in [5, 5.41) is 0. The molecule has 30 heavy (non-hydrogen) atoms. The third-order valence-electron chi connectivity index (χ3n) is 5.62. The van der Waals surface area contributed by atoms with Gasteiger partial charge in [-0.1, -0.05) is 26.0 Å². The summed E-state index contributed by atoms with van der Waals surface area (Å²) < 4.78 is 10.3. The van der Waals surface area contributed by atoms with Gasteiger partial charge in [-0.05, 0) is 50.3 Å². The molecule has 1 aromatic rings. The van der Waals surface area contributed by atoms with Crippen molar-refractivity contribution in [3.05, 3.63) is 46.7 Å². The van der Waals surface area contributed by atoms with Crippen LogP contribution in [0.1, 0.15) is 69.3 Å². The smallest absolute Gasteiger partial charge is 0.337 e. The summed E-state index contributed by atoms with van der Waals surface area (Å²) in [5.41, 5.74) is 2.84. The molecule has 6 heteroatoms. The number of aliphatic imine (C=N–C) groups is 1. The van der Waals surface area contributed by atoms with E-state index in [9.17, 15) is 14.4 Å². The molecule has 0 saturated heterocycles. The lowest BCUT2D eigenvalue weighted by Gasteiger charge is -2.41. The van der Waals surface area contributed by atoms with Gasteiger partial charge in [-0.3, -0.25) is 9.79 Å². The number of fused-ring (bicyclic) bond motifs is 1. The number of hydrogen-bond acceptors (Lipinski definition) is 6. The number of rotatable bonds is 4. The highest BCUT2D eigenvalue weighted by molar-refractivity contribution is 6.12. The van der Waals surface area contributed by atoms with Gasteiger partial charge in [0.15, 0.2) is 0 Å². The molecule has 0 amide bonds. The SMILES string of the molecule is COC(=O)c1ccc([C@H]2C(C(=O)OC(C)C)=C(C)N=C3CC(C)(C)CC(=O)[C@H]32)cc1. The number of esters is 2.